The molecule has 3 rings (SSSR count). The van der Waals surface area contributed by atoms with Crippen LogP contribution in [-0.4, -0.2) is 28.1 Å². The molecule has 0 saturated carbocycles. The van der Waals surface area contributed by atoms with E-state index in [0.29, 0.717) is 19.0 Å². The van der Waals surface area contributed by atoms with Gasteiger partial charge in [-0.3, -0.25) is 4.98 Å². The van der Waals surface area contributed by atoms with Crippen LogP contribution in [0.3, 0.4) is 0 Å². The second kappa shape index (κ2) is 6.37. The molecular weight excluding hydrogens is 400 g/mol. The summed E-state index contributed by atoms with van der Waals surface area (Å²) >= 11 is 6.93. The average Bonchev–Trinajstić information content (AvgIpc) is 2.47. The van der Waals surface area contributed by atoms with Crippen LogP contribution >= 0.6 is 31.9 Å². The van der Waals surface area contributed by atoms with E-state index in [2.05, 4.69) is 52.1 Å². The number of hydrogen-bond donors (Lipinski definition) is 1. The highest BCUT2D eigenvalue weighted by Gasteiger charge is 2.20. The second-order valence-electron chi connectivity index (χ2n) is 4.64. The SMILES string of the molecule is CCNc1nc(-c2ncc(Br)cc2Br)nc2c1COCC2. The molecule has 110 valence electrons. The van der Waals surface area contributed by atoms with E-state index >= 15 is 0 Å². The summed E-state index contributed by atoms with van der Waals surface area (Å²) < 4.78 is 7.30. The topological polar surface area (TPSA) is 59.9 Å². The predicted molar refractivity (Wildman–Crippen MR) is 88.2 cm³/mol. The van der Waals surface area contributed by atoms with Crippen molar-refractivity contribution in [1.29, 1.82) is 0 Å². The molecule has 0 radical (unpaired) electrons. The molecule has 1 N–H and O–H groups in total. The molecule has 0 bridgehead atoms. The van der Waals surface area contributed by atoms with Gasteiger partial charge in [0.2, 0.25) is 0 Å². The smallest absolute Gasteiger partial charge is 0.181 e. The van der Waals surface area contributed by atoms with E-state index in [-0.39, 0.29) is 0 Å². The van der Waals surface area contributed by atoms with Gasteiger partial charge in [-0.15, -0.1) is 0 Å². The van der Waals surface area contributed by atoms with Crippen molar-refractivity contribution < 1.29 is 4.74 Å². The van der Waals surface area contributed by atoms with Gasteiger partial charge in [-0.25, -0.2) is 9.97 Å². The number of nitrogens with one attached hydrogen (secondary N) is 1. The molecule has 0 unspecified atom stereocenters. The lowest BCUT2D eigenvalue weighted by molar-refractivity contribution is 0.109. The van der Waals surface area contributed by atoms with Crippen molar-refractivity contribution in [2.75, 3.05) is 18.5 Å². The summed E-state index contributed by atoms with van der Waals surface area (Å²) in [4.78, 5) is 13.7. The summed E-state index contributed by atoms with van der Waals surface area (Å²) in [5.74, 6) is 1.47. The zero-order chi connectivity index (χ0) is 14.8. The van der Waals surface area contributed by atoms with Gasteiger partial charge < -0.3 is 10.1 Å². The summed E-state index contributed by atoms with van der Waals surface area (Å²) in [6.07, 6.45) is 2.55. The van der Waals surface area contributed by atoms with Crippen molar-refractivity contribution in [3.05, 3.63) is 32.5 Å². The van der Waals surface area contributed by atoms with E-state index in [0.717, 1.165) is 44.7 Å². The highest BCUT2D eigenvalue weighted by atomic mass is 79.9. The van der Waals surface area contributed by atoms with E-state index in [1.165, 1.54) is 0 Å². The number of pyridine rings is 1. The van der Waals surface area contributed by atoms with Crippen LogP contribution in [0.1, 0.15) is 18.2 Å². The first-order chi connectivity index (χ1) is 10.2. The fourth-order valence-corrected chi connectivity index (χ4v) is 3.40. The maximum Gasteiger partial charge on any atom is 0.181 e. The molecule has 1 aliphatic rings. The van der Waals surface area contributed by atoms with E-state index in [4.69, 9.17) is 4.74 Å². The Balaban J connectivity index is 2.12. The average molecular weight is 414 g/mol. The van der Waals surface area contributed by atoms with Gasteiger partial charge in [0, 0.05) is 33.7 Å². The minimum absolute atomic E-state index is 0.562. The van der Waals surface area contributed by atoms with E-state index in [1.807, 2.05) is 13.0 Å². The first kappa shape index (κ1) is 14.9. The Hall–Kier alpha value is -1.05. The third-order valence-electron chi connectivity index (χ3n) is 3.19. The molecule has 0 fully saturated rings. The Labute approximate surface area is 139 Å². The van der Waals surface area contributed by atoms with Crippen LogP contribution in [0.5, 0.6) is 0 Å². The van der Waals surface area contributed by atoms with Gasteiger partial charge in [-0.2, -0.15) is 0 Å². The first-order valence-electron chi connectivity index (χ1n) is 6.72. The Morgan fingerprint density at radius 2 is 2.19 bits per heavy atom. The zero-order valence-corrected chi connectivity index (χ0v) is 14.7. The number of hydrogen-bond acceptors (Lipinski definition) is 5. The van der Waals surface area contributed by atoms with Gasteiger partial charge in [0.25, 0.3) is 0 Å². The van der Waals surface area contributed by atoms with Crippen LogP contribution in [-0.2, 0) is 17.8 Å². The Bertz CT molecular complexity index is 678. The van der Waals surface area contributed by atoms with Crippen LogP contribution in [0, 0.1) is 0 Å². The zero-order valence-electron chi connectivity index (χ0n) is 11.5. The highest BCUT2D eigenvalue weighted by Crippen LogP contribution is 2.30. The molecule has 0 amide bonds. The van der Waals surface area contributed by atoms with Crippen LogP contribution in [0.4, 0.5) is 5.82 Å². The lowest BCUT2D eigenvalue weighted by Crippen LogP contribution is -2.17. The molecule has 21 heavy (non-hydrogen) atoms. The van der Waals surface area contributed by atoms with Crippen LogP contribution in [0.2, 0.25) is 0 Å². The third-order valence-corrected chi connectivity index (χ3v) is 4.22. The summed E-state index contributed by atoms with van der Waals surface area (Å²) in [5.41, 5.74) is 2.84. The molecule has 7 heteroatoms. The minimum Gasteiger partial charge on any atom is -0.376 e. The predicted octanol–water partition coefficient (Wildman–Crippen LogP) is 3.57. The number of halogens is 2. The van der Waals surface area contributed by atoms with Crippen molar-refractivity contribution in [3.63, 3.8) is 0 Å². The molecule has 2 aromatic heterocycles. The quantitative estimate of drug-likeness (QED) is 0.833. The molecule has 0 aliphatic carbocycles. The number of nitrogens with zero attached hydrogens (tertiary/aromatic N) is 3. The monoisotopic (exact) mass is 412 g/mol. The summed E-state index contributed by atoms with van der Waals surface area (Å²) in [7, 11) is 0. The minimum atomic E-state index is 0.562. The molecule has 0 spiro atoms. The summed E-state index contributed by atoms with van der Waals surface area (Å²) in [6, 6.07) is 1.95. The maximum absolute atomic E-state index is 5.52. The van der Waals surface area contributed by atoms with Crippen LogP contribution in [0.15, 0.2) is 21.2 Å². The molecule has 1 aliphatic heterocycles. The van der Waals surface area contributed by atoms with E-state index < -0.39 is 0 Å². The van der Waals surface area contributed by atoms with Gasteiger partial charge in [0.15, 0.2) is 5.82 Å². The largest absolute Gasteiger partial charge is 0.376 e. The molecule has 2 aromatic rings. The van der Waals surface area contributed by atoms with E-state index in [1.54, 1.807) is 6.20 Å². The van der Waals surface area contributed by atoms with Crippen molar-refractivity contribution in [2.45, 2.75) is 20.0 Å². The lowest BCUT2D eigenvalue weighted by Gasteiger charge is -2.20. The molecule has 0 atom stereocenters. The summed E-state index contributed by atoms with van der Waals surface area (Å²) in [6.45, 7) is 4.11. The van der Waals surface area contributed by atoms with Gasteiger partial charge >= 0.3 is 0 Å². The lowest BCUT2D eigenvalue weighted by atomic mass is 10.1. The Morgan fingerprint density at radius 1 is 1.33 bits per heavy atom. The Kier molecular flexibility index (Phi) is 4.51. The van der Waals surface area contributed by atoms with Gasteiger partial charge in [-0.05, 0) is 44.8 Å². The van der Waals surface area contributed by atoms with Crippen molar-refractivity contribution in [2.24, 2.45) is 0 Å². The number of anilines is 1. The summed E-state index contributed by atoms with van der Waals surface area (Å²) in [5, 5.41) is 3.29. The Morgan fingerprint density at radius 3 is 2.95 bits per heavy atom. The number of ether oxygens (including phenoxy) is 1. The fourth-order valence-electron chi connectivity index (χ4n) is 2.23. The van der Waals surface area contributed by atoms with Crippen LogP contribution < -0.4 is 5.32 Å². The second-order valence-corrected chi connectivity index (χ2v) is 6.41. The molecule has 0 aromatic carbocycles. The number of fused-ring (bicyclic) bond motifs is 1. The first-order valence-corrected chi connectivity index (χ1v) is 8.30. The van der Waals surface area contributed by atoms with Crippen molar-refractivity contribution in [3.8, 4) is 11.5 Å². The fraction of sp³-hybridized carbons (Fsp3) is 0.357. The van der Waals surface area contributed by atoms with E-state index in [9.17, 15) is 0 Å². The molecule has 5 nitrogen and oxygen atoms in total. The standard InChI is InChI=1S/C14H14Br2N4O/c1-2-17-13-9-7-21-4-3-11(9)19-14(20-13)12-10(16)5-8(15)6-18-12/h5-6H,2-4,7H2,1H3,(H,17,19,20). The maximum atomic E-state index is 5.52. The highest BCUT2D eigenvalue weighted by molar-refractivity contribution is 9.11. The number of aromatic nitrogens is 3. The van der Waals surface area contributed by atoms with Crippen molar-refractivity contribution in [1.82, 2.24) is 15.0 Å². The van der Waals surface area contributed by atoms with Gasteiger partial charge in [0.1, 0.15) is 11.5 Å². The van der Waals surface area contributed by atoms with Crippen molar-refractivity contribution >= 4 is 37.7 Å². The number of rotatable bonds is 3. The third kappa shape index (κ3) is 3.09. The normalized spacial score (nSPS) is 13.9. The molecular formula is C14H14Br2N4O. The molecule has 0 saturated heterocycles. The van der Waals surface area contributed by atoms with Gasteiger partial charge in [0.05, 0.1) is 18.9 Å². The van der Waals surface area contributed by atoms with Gasteiger partial charge in [-0.1, -0.05) is 0 Å². The van der Waals surface area contributed by atoms with Crippen LogP contribution in [0.25, 0.3) is 11.5 Å². The molecule has 3 heterocycles.